The third-order valence-corrected chi connectivity index (χ3v) is 5.83. The first-order chi connectivity index (χ1) is 13.6. The molecule has 1 aliphatic heterocycles. The van der Waals surface area contributed by atoms with Gasteiger partial charge in [-0.05, 0) is 17.2 Å². The minimum atomic E-state index is -0.603. The Kier molecular flexibility index (Phi) is 5.38. The fourth-order valence-corrected chi connectivity index (χ4v) is 4.35. The number of anilines is 1. The molecule has 1 aromatic carbocycles. The van der Waals surface area contributed by atoms with Gasteiger partial charge in [-0.1, -0.05) is 24.3 Å². The molecule has 3 heterocycles. The first-order valence-electron chi connectivity index (χ1n) is 9.04. The van der Waals surface area contributed by atoms with Gasteiger partial charge in [0.25, 0.3) is 0 Å². The van der Waals surface area contributed by atoms with Gasteiger partial charge >= 0.3 is 6.03 Å². The van der Waals surface area contributed by atoms with Crippen LogP contribution in [0, 0.1) is 0 Å². The van der Waals surface area contributed by atoms with Gasteiger partial charge in [-0.2, -0.15) is 0 Å². The Hall–Kier alpha value is -2.75. The highest BCUT2D eigenvalue weighted by molar-refractivity contribution is 7.19. The molecule has 0 radical (unpaired) electrons. The molecule has 9 heteroatoms. The second kappa shape index (κ2) is 8.09. The third kappa shape index (κ3) is 4.06. The molecule has 0 bridgehead atoms. The zero-order valence-corrected chi connectivity index (χ0v) is 16.4. The first-order valence-corrected chi connectivity index (χ1v) is 9.86. The number of morpholine rings is 1. The number of hydrogen-bond donors (Lipinski definition) is 2. The second-order valence-electron chi connectivity index (χ2n) is 6.69. The Bertz CT molecular complexity index is 959. The first kappa shape index (κ1) is 18.6. The van der Waals surface area contributed by atoms with Gasteiger partial charge in [0.1, 0.15) is 6.33 Å². The molecule has 0 saturated carbocycles. The highest BCUT2D eigenvalue weighted by Gasteiger charge is 2.18. The molecule has 2 aromatic heterocycles. The van der Waals surface area contributed by atoms with Crippen molar-refractivity contribution in [2.24, 2.45) is 12.8 Å². The Morgan fingerprint density at radius 1 is 1.29 bits per heavy atom. The number of ether oxygens (including phenoxy) is 1. The summed E-state index contributed by atoms with van der Waals surface area (Å²) in [6.45, 7) is 4.46. The fourth-order valence-electron chi connectivity index (χ4n) is 3.21. The number of benzene rings is 1. The molecule has 3 N–H and O–H groups in total. The van der Waals surface area contributed by atoms with Crippen molar-refractivity contribution in [2.75, 3.05) is 31.6 Å². The Morgan fingerprint density at radius 3 is 2.68 bits per heavy atom. The van der Waals surface area contributed by atoms with Crippen LogP contribution in [0.3, 0.4) is 0 Å². The number of primary amides is 1. The van der Waals surface area contributed by atoms with Crippen LogP contribution in [0.5, 0.6) is 0 Å². The van der Waals surface area contributed by atoms with Crippen LogP contribution in [0.25, 0.3) is 21.1 Å². The Labute approximate surface area is 166 Å². The summed E-state index contributed by atoms with van der Waals surface area (Å²) in [4.78, 5) is 15.7. The van der Waals surface area contributed by atoms with Crippen LogP contribution in [-0.4, -0.2) is 52.0 Å². The molecule has 1 fully saturated rings. The van der Waals surface area contributed by atoms with Crippen LogP contribution in [0.15, 0.2) is 36.7 Å². The molecular weight excluding hydrogens is 376 g/mol. The molecule has 146 valence electrons. The van der Waals surface area contributed by atoms with E-state index in [2.05, 4.69) is 44.7 Å². The number of carbonyl (C=O) groups is 1. The molecule has 2 amide bonds. The summed E-state index contributed by atoms with van der Waals surface area (Å²) in [6, 6.07) is 9.83. The quantitative estimate of drug-likeness (QED) is 0.688. The lowest BCUT2D eigenvalue weighted by molar-refractivity contribution is 0.0342. The summed E-state index contributed by atoms with van der Waals surface area (Å²) in [6.07, 6.45) is 1.63. The van der Waals surface area contributed by atoms with E-state index in [4.69, 9.17) is 10.5 Å². The van der Waals surface area contributed by atoms with E-state index in [9.17, 15) is 4.79 Å². The minimum Gasteiger partial charge on any atom is -0.379 e. The molecule has 0 aliphatic carbocycles. The van der Waals surface area contributed by atoms with Gasteiger partial charge in [0, 0.05) is 31.6 Å². The number of hydrogen-bond acceptors (Lipinski definition) is 6. The van der Waals surface area contributed by atoms with E-state index >= 15 is 0 Å². The minimum absolute atomic E-state index is 0.603. The number of aromatic nitrogens is 3. The molecular formula is C19H22N6O2S. The van der Waals surface area contributed by atoms with Crippen LogP contribution < -0.4 is 11.1 Å². The van der Waals surface area contributed by atoms with Crippen molar-refractivity contribution in [3.05, 3.63) is 42.2 Å². The number of amides is 2. The van der Waals surface area contributed by atoms with E-state index in [1.165, 1.54) is 5.56 Å². The maximum Gasteiger partial charge on any atom is 0.316 e. The van der Waals surface area contributed by atoms with Crippen LogP contribution in [0.4, 0.5) is 10.5 Å². The van der Waals surface area contributed by atoms with Gasteiger partial charge in [-0.3, -0.25) is 4.90 Å². The highest BCUT2D eigenvalue weighted by Crippen LogP contribution is 2.40. The largest absolute Gasteiger partial charge is 0.379 e. The number of aryl methyl sites for hydroxylation is 1. The molecule has 8 nitrogen and oxygen atoms in total. The third-order valence-electron chi connectivity index (χ3n) is 4.65. The maximum absolute atomic E-state index is 11.4. The molecule has 3 aromatic rings. The average molecular weight is 398 g/mol. The van der Waals surface area contributed by atoms with Crippen LogP contribution in [0.2, 0.25) is 0 Å². The monoisotopic (exact) mass is 398 g/mol. The lowest BCUT2D eigenvalue weighted by atomic mass is 10.1. The van der Waals surface area contributed by atoms with E-state index in [1.54, 1.807) is 17.7 Å². The number of rotatable bonds is 5. The maximum atomic E-state index is 11.4. The standard InChI is InChI=1S/C19H22N6O2S/c1-24-12-21-23-18(24)17-15(22-19(20)26)10-16(28-17)14-4-2-13(3-5-14)11-25-6-8-27-9-7-25/h2-5,10,12H,6-9,11H2,1H3,(H3,20,22,26). The van der Waals surface area contributed by atoms with E-state index in [1.807, 2.05) is 17.7 Å². The second-order valence-corrected chi connectivity index (χ2v) is 7.75. The Balaban J connectivity index is 1.59. The number of urea groups is 1. The molecule has 4 rings (SSSR count). The zero-order valence-electron chi connectivity index (χ0n) is 15.6. The van der Waals surface area contributed by atoms with Crippen LogP contribution >= 0.6 is 11.3 Å². The predicted molar refractivity (Wildman–Crippen MR) is 109 cm³/mol. The predicted octanol–water partition coefficient (Wildman–Crippen LogP) is 2.53. The number of thiophene rings is 1. The van der Waals surface area contributed by atoms with Crippen molar-refractivity contribution in [1.82, 2.24) is 19.7 Å². The number of carbonyl (C=O) groups excluding carboxylic acids is 1. The summed E-state index contributed by atoms with van der Waals surface area (Å²) >= 11 is 1.55. The number of nitrogens with one attached hydrogen (secondary N) is 1. The van der Waals surface area contributed by atoms with Gasteiger partial charge in [0.2, 0.25) is 0 Å². The summed E-state index contributed by atoms with van der Waals surface area (Å²) < 4.78 is 7.22. The van der Waals surface area contributed by atoms with Gasteiger partial charge in [0.15, 0.2) is 5.82 Å². The average Bonchev–Trinajstić information content (AvgIpc) is 3.28. The molecule has 1 saturated heterocycles. The van der Waals surface area contributed by atoms with E-state index in [0.717, 1.165) is 48.2 Å². The molecule has 1 aliphatic rings. The Morgan fingerprint density at radius 2 is 2.04 bits per heavy atom. The van der Waals surface area contributed by atoms with Crippen molar-refractivity contribution in [2.45, 2.75) is 6.54 Å². The van der Waals surface area contributed by atoms with Crippen molar-refractivity contribution in [3.63, 3.8) is 0 Å². The van der Waals surface area contributed by atoms with Gasteiger partial charge in [-0.25, -0.2) is 4.79 Å². The van der Waals surface area contributed by atoms with E-state index in [0.29, 0.717) is 11.5 Å². The van der Waals surface area contributed by atoms with Gasteiger partial charge < -0.3 is 20.4 Å². The van der Waals surface area contributed by atoms with Gasteiger partial charge in [-0.15, -0.1) is 21.5 Å². The smallest absolute Gasteiger partial charge is 0.316 e. The highest BCUT2D eigenvalue weighted by atomic mass is 32.1. The van der Waals surface area contributed by atoms with Crippen molar-refractivity contribution in [3.8, 4) is 21.1 Å². The van der Waals surface area contributed by atoms with Crippen LogP contribution in [-0.2, 0) is 18.3 Å². The summed E-state index contributed by atoms with van der Waals surface area (Å²) in [5.74, 6) is 0.684. The molecule has 28 heavy (non-hydrogen) atoms. The topological polar surface area (TPSA) is 98.3 Å². The van der Waals surface area contributed by atoms with E-state index in [-0.39, 0.29) is 0 Å². The van der Waals surface area contributed by atoms with Crippen molar-refractivity contribution in [1.29, 1.82) is 0 Å². The lowest BCUT2D eigenvalue weighted by Gasteiger charge is -2.26. The summed E-state index contributed by atoms with van der Waals surface area (Å²) in [5, 5.41) is 10.8. The fraction of sp³-hybridized carbons (Fsp3) is 0.316. The van der Waals surface area contributed by atoms with E-state index < -0.39 is 6.03 Å². The summed E-state index contributed by atoms with van der Waals surface area (Å²) in [7, 11) is 1.86. The molecule has 0 unspecified atom stereocenters. The normalized spacial score (nSPS) is 14.9. The van der Waals surface area contributed by atoms with Crippen molar-refractivity contribution >= 4 is 23.1 Å². The SMILES string of the molecule is Cn1cnnc1-c1sc(-c2ccc(CN3CCOCC3)cc2)cc1NC(N)=O. The summed E-state index contributed by atoms with van der Waals surface area (Å²) in [5.41, 5.74) is 8.33. The van der Waals surface area contributed by atoms with Crippen LogP contribution in [0.1, 0.15) is 5.56 Å². The van der Waals surface area contributed by atoms with Crippen molar-refractivity contribution < 1.29 is 9.53 Å². The number of nitrogens with two attached hydrogens (primary N) is 1. The molecule has 0 spiro atoms. The molecule has 0 atom stereocenters. The number of nitrogens with zero attached hydrogens (tertiary/aromatic N) is 4. The van der Waals surface area contributed by atoms with Gasteiger partial charge in [0.05, 0.1) is 23.8 Å². The zero-order chi connectivity index (χ0) is 19.5. The lowest BCUT2D eigenvalue weighted by Crippen LogP contribution is -2.35.